The van der Waals surface area contributed by atoms with Gasteiger partial charge in [0.1, 0.15) is 11.5 Å². The van der Waals surface area contributed by atoms with Crippen LogP contribution in [-0.4, -0.2) is 51.6 Å². The third-order valence-electron chi connectivity index (χ3n) is 4.39. The van der Waals surface area contributed by atoms with E-state index in [1.165, 1.54) is 5.56 Å². The van der Waals surface area contributed by atoms with Crippen LogP contribution in [0.15, 0.2) is 22.9 Å². The summed E-state index contributed by atoms with van der Waals surface area (Å²) in [5.74, 6) is 1.00. The van der Waals surface area contributed by atoms with Crippen LogP contribution in [0, 0.1) is 13.8 Å². The molecule has 1 saturated heterocycles. The zero-order valence-corrected chi connectivity index (χ0v) is 13.4. The van der Waals surface area contributed by atoms with E-state index in [4.69, 9.17) is 4.52 Å². The molecule has 1 aliphatic heterocycles. The fourth-order valence-corrected chi connectivity index (χ4v) is 2.91. The van der Waals surface area contributed by atoms with Gasteiger partial charge >= 0.3 is 0 Å². The number of nitrogens with zero attached hydrogens (tertiary/aromatic N) is 4. The number of carbonyl (C=O) groups is 1. The highest BCUT2D eigenvalue weighted by molar-refractivity contribution is 5.92. The lowest BCUT2D eigenvalue weighted by atomic mass is 10.1. The first kappa shape index (κ1) is 14.8. The molecule has 2 aromatic heterocycles. The molecule has 0 unspecified atom stereocenters. The highest BCUT2D eigenvalue weighted by atomic mass is 16.5. The molecule has 1 amide bonds. The highest BCUT2D eigenvalue weighted by Crippen LogP contribution is 2.17. The predicted molar refractivity (Wildman–Crippen MR) is 82.6 cm³/mol. The molecular formula is C16H22N4O2. The molecule has 3 heterocycles. The van der Waals surface area contributed by atoms with Gasteiger partial charge < -0.3 is 14.0 Å². The van der Waals surface area contributed by atoms with Crippen LogP contribution in [0.4, 0.5) is 0 Å². The van der Waals surface area contributed by atoms with E-state index < -0.39 is 0 Å². The van der Waals surface area contributed by atoms with E-state index in [0.717, 1.165) is 49.9 Å². The molecule has 2 aromatic rings. The van der Waals surface area contributed by atoms with E-state index in [1.807, 2.05) is 48.7 Å². The Kier molecular flexibility index (Phi) is 4.02. The highest BCUT2D eigenvalue weighted by Gasteiger charge is 2.24. The lowest BCUT2D eigenvalue weighted by molar-refractivity contribution is 0.0618. The summed E-state index contributed by atoms with van der Waals surface area (Å²) < 4.78 is 7.09. The van der Waals surface area contributed by atoms with Crippen molar-refractivity contribution in [3.05, 3.63) is 41.0 Å². The van der Waals surface area contributed by atoms with Crippen molar-refractivity contribution in [2.45, 2.75) is 20.4 Å². The minimum absolute atomic E-state index is 0.115. The molecule has 0 saturated carbocycles. The van der Waals surface area contributed by atoms with Crippen molar-refractivity contribution in [3.63, 3.8) is 0 Å². The van der Waals surface area contributed by atoms with E-state index in [9.17, 15) is 4.79 Å². The molecule has 0 N–H and O–H groups in total. The summed E-state index contributed by atoms with van der Waals surface area (Å²) in [5, 5.41) is 4.00. The zero-order chi connectivity index (χ0) is 15.7. The van der Waals surface area contributed by atoms with Crippen LogP contribution in [0.3, 0.4) is 0 Å². The number of hydrogen-bond acceptors (Lipinski definition) is 4. The van der Waals surface area contributed by atoms with Crippen LogP contribution in [-0.2, 0) is 13.6 Å². The normalized spacial score (nSPS) is 16.2. The number of aromatic nitrogens is 2. The van der Waals surface area contributed by atoms with Gasteiger partial charge in [-0.25, -0.2) is 0 Å². The second kappa shape index (κ2) is 5.96. The van der Waals surface area contributed by atoms with Crippen LogP contribution in [0.1, 0.15) is 27.5 Å². The molecule has 0 aromatic carbocycles. The Balaban J connectivity index is 1.59. The van der Waals surface area contributed by atoms with E-state index in [-0.39, 0.29) is 5.91 Å². The van der Waals surface area contributed by atoms with E-state index >= 15 is 0 Å². The van der Waals surface area contributed by atoms with Gasteiger partial charge in [0.2, 0.25) is 0 Å². The first-order chi connectivity index (χ1) is 10.6. The van der Waals surface area contributed by atoms with Crippen molar-refractivity contribution in [2.75, 3.05) is 26.2 Å². The Labute approximate surface area is 130 Å². The SMILES string of the molecule is Cc1noc(C)c1CN1CCN(C(=O)c2cccn2C)CC1. The summed E-state index contributed by atoms with van der Waals surface area (Å²) in [6.45, 7) is 8.03. The molecule has 3 rings (SSSR count). The van der Waals surface area contributed by atoms with Crippen LogP contribution in [0.25, 0.3) is 0 Å². The lowest BCUT2D eigenvalue weighted by Crippen LogP contribution is -2.48. The minimum Gasteiger partial charge on any atom is -0.361 e. The van der Waals surface area contributed by atoms with Gasteiger partial charge in [-0.3, -0.25) is 9.69 Å². The molecule has 0 radical (unpaired) electrons. The molecule has 0 bridgehead atoms. The molecule has 6 nitrogen and oxygen atoms in total. The minimum atomic E-state index is 0.115. The monoisotopic (exact) mass is 302 g/mol. The first-order valence-corrected chi connectivity index (χ1v) is 7.61. The van der Waals surface area contributed by atoms with Crippen molar-refractivity contribution < 1.29 is 9.32 Å². The molecule has 118 valence electrons. The Morgan fingerprint density at radius 1 is 1.27 bits per heavy atom. The van der Waals surface area contributed by atoms with Gasteiger partial charge in [0.25, 0.3) is 5.91 Å². The second-order valence-corrected chi connectivity index (χ2v) is 5.88. The third-order valence-corrected chi connectivity index (χ3v) is 4.39. The Hall–Kier alpha value is -2.08. The van der Waals surface area contributed by atoms with Gasteiger partial charge in [0.05, 0.1) is 5.69 Å². The van der Waals surface area contributed by atoms with E-state index in [0.29, 0.717) is 0 Å². The van der Waals surface area contributed by atoms with Gasteiger partial charge in [-0.05, 0) is 26.0 Å². The molecule has 0 spiro atoms. The average Bonchev–Trinajstić information content (AvgIpc) is 3.08. The van der Waals surface area contributed by atoms with Crippen molar-refractivity contribution in [1.82, 2.24) is 19.5 Å². The third kappa shape index (κ3) is 2.78. The Morgan fingerprint density at radius 2 is 2.00 bits per heavy atom. The van der Waals surface area contributed by atoms with Gasteiger partial charge in [-0.1, -0.05) is 5.16 Å². The number of hydrogen-bond donors (Lipinski definition) is 0. The van der Waals surface area contributed by atoms with Crippen LogP contribution in [0.2, 0.25) is 0 Å². The summed E-state index contributed by atoms with van der Waals surface area (Å²) >= 11 is 0. The topological polar surface area (TPSA) is 54.5 Å². The summed E-state index contributed by atoms with van der Waals surface area (Å²) in [7, 11) is 1.90. The van der Waals surface area contributed by atoms with E-state index in [1.54, 1.807) is 0 Å². The largest absolute Gasteiger partial charge is 0.361 e. The molecule has 1 aliphatic rings. The lowest BCUT2D eigenvalue weighted by Gasteiger charge is -2.34. The summed E-state index contributed by atoms with van der Waals surface area (Å²) in [6, 6.07) is 3.78. The quantitative estimate of drug-likeness (QED) is 0.864. The smallest absolute Gasteiger partial charge is 0.270 e. The standard InChI is InChI=1S/C16H22N4O2/c1-12-14(13(2)22-17-12)11-19-7-9-20(10-8-19)16(21)15-5-4-6-18(15)3/h4-6H,7-11H2,1-3H3. The summed E-state index contributed by atoms with van der Waals surface area (Å²) in [4.78, 5) is 16.8. The molecule has 6 heteroatoms. The van der Waals surface area contributed by atoms with Crippen LogP contribution < -0.4 is 0 Å². The van der Waals surface area contributed by atoms with Crippen LogP contribution in [0.5, 0.6) is 0 Å². The molecule has 22 heavy (non-hydrogen) atoms. The summed E-state index contributed by atoms with van der Waals surface area (Å²) in [6.07, 6.45) is 1.90. The number of rotatable bonds is 3. The fourth-order valence-electron chi connectivity index (χ4n) is 2.91. The van der Waals surface area contributed by atoms with E-state index in [2.05, 4.69) is 10.1 Å². The predicted octanol–water partition coefficient (Wildman–Crippen LogP) is 1.59. The Morgan fingerprint density at radius 3 is 2.55 bits per heavy atom. The molecule has 0 aliphatic carbocycles. The molecule has 1 fully saturated rings. The van der Waals surface area contributed by atoms with Gasteiger partial charge in [0, 0.05) is 51.5 Å². The number of aryl methyl sites for hydroxylation is 3. The number of piperazine rings is 1. The Bertz CT molecular complexity index is 646. The maximum Gasteiger partial charge on any atom is 0.270 e. The number of amides is 1. The van der Waals surface area contributed by atoms with Crippen molar-refractivity contribution >= 4 is 5.91 Å². The second-order valence-electron chi connectivity index (χ2n) is 5.88. The maximum atomic E-state index is 12.5. The van der Waals surface area contributed by atoms with Gasteiger partial charge in [-0.2, -0.15) is 0 Å². The fraction of sp³-hybridized carbons (Fsp3) is 0.500. The van der Waals surface area contributed by atoms with Gasteiger partial charge in [0.15, 0.2) is 0 Å². The van der Waals surface area contributed by atoms with Gasteiger partial charge in [-0.15, -0.1) is 0 Å². The van der Waals surface area contributed by atoms with Crippen molar-refractivity contribution in [1.29, 1.82) is 0 Å². The maximum absolute atomic E-state index is 12.5. The summed E-state index contributed by atoms with van der Waals surface area (Å²) in [5.41, 5.74) is 2.88. The average molecular weight is 302 g/mol. The number of carbonyl (C=O) groups excluding carboxylic acids is 1. The first-order valence-electron chi connectivity index (χ1n) is 7.61. The molecular weight excluding hydrogens is 280 g/mol. The zero-order valence-electron chi connectivity index (χ0n) is 13.4. The van der Waals surface area contributed by atoms with Crippen LogP contribution >= 0.6 is 0 Å². The molecule has 0 atom stereocenters. The van der Waals surface area contributed by atoms with Crippen molar-refractivity contribution in [3.8, 4) is 0 Å². The van der Waals surface area contributed by atoms with Crippen molar-refractivity contribution in [2.24, 2.45) is 7.05 Å².